The van der Waals surface area contributed by atoms with Crippen molar-refractivity contribution in [1.29, 1.82) is 0 Å². The number of hydrogen-bond donors (Lipinski definition) is 8. The molecule has 390 valence electrons. The van der Waals surface area contributed by atoms with Crippen molar-refractivity contribution in [2.75, 3.05) is 82.1 Å². The van der Waals surface area contributed by atoms with Crippen LogP contribution in [0.15, 0.2) is 35.4 Å². The van der Waals surface area contributed by atoms with Crippen LogP contribution < -0.4 is 40.1 Å². The third-order valence-corrected chi connectivity index (χ3v) is 14.3. The molecule has 20 heteroatoms. The first-order chi connectivity index (χ1) is 34.9. The topological polar surface area (TPSA) is 293 Å². The van der Waals surface area contributed by atoms with Gasteiger partial charge in [0.25, 0.3) is 11.8 Å². The first kappa shape index (κ1) is 51.9. The van der Waals surface area contributed by atoms with E-state index in [0.717, 1.165) is 18.2 Å². The van der Waals surface area contributed by atoms with Crippen LogP contribution in [-0.4, -0.2) is 128 Å². The zero-order valence-corrected chi connectivity index (χ0v) is 42.6. The molecule has 4 aromatic carbocycles. The number of esters is 1. The molecule has 0 aromatic heterocycles. The zero-order chi connectivity index (χ0) is 54.1. The van der Waals surface area contributed by atoms with Crippen molar-refractivity contribution in [3.63, 3.8) is 0 Å². The number of anilines is 4. The van der Waals surface area contributed by atoms with Crippen LogP contribution in [0, 0.1) is 11.8 Å². The number of nitrogens with two attached hydrogens (primary N) is 1. The number of Topliss-reactive ketones (excluding diaryl/α,β-unsaturated/α-hetero) is 2. The van der Waals surface area contributed by atoms with E-state index >= 15 is 0 Å². The smallest absolute Gasteiger partial charge is 0.308 e. The number of aliphatic hydroxyl groups is 2. The fourth-order valence-electron chi connectivity index (χ4n) is 11.3. The number of carbonyl (C=O) groups excluding carboxylic acids is 6. The lowest BCUT2D eigenvalue weighted by Crippen LogP contribution is -2.34. The summed E-state index contributed by atoms with van der Waals surface area (Å²) >= 11 is 0. The molecule has 0 bridgehead atoms. The summed E-state index contributed by atoms with van der Waals surface area (Å²) in [6.45, 7) is 3.04. The summed E-state index contributed by atoms with van der Waals surface area (Å²) in [5, 5.41) is 71.3. The third kappa shape index (κ3) is 8.56. The van der Waals surface area contributed by atoms with Crippen LogP contribution in [0.3, 0.4) is 0 Å². The van der Waals surface area contributed by atoms with Gasteiger partial charge in [0.1, 0.15) is 45.6 Å². The monoisotopic (exact) mass is 1020 g/mol. The van der Waals surface area contributed by atoms with E-state index in [9.17, 15) is 59.4 Å². The maximum absolute atomic E-state index is 14.5. The minimum atomic E-state index is -1.12. The molecular weight excluding hydrogens is 957 g/mol. The first-order valence-electron chi connectivity index (χ1n) is 24.0. The molecule has 2 atom stereocenters. The molecule has 0 fully saturated rings. The van der Waals surface area contributed by atoms with Crippen molar-refractivity contribution < 1.29 is 68.9 Å². The number of ketones is 2. The Hall–Kier alpha value is -8.42. The number of amides is 3. The number of phenols is 4. The van der Waals surface area contributed by atoms with E-state index in [0.29, 0.717) is 60.4 Å². The summed E-state index contributed by atoms with van der Waals surface area (Å²) < 4.78 is 11.9. The average Bonchev–Trinajstić information content (AvgIpc) is 3.28. The fraction of sp³-hybridized carbons (Fsp3) is 0.370. The van der Waals surface area contributed by atoms with Gasteiger partial charge in [-0.05, 0) is 103 Å². The Balaban J connectivity index is 1.03. The van der Waals surface area contributed by atoms with Gasteiger partial charge in [-0.1, -0.05) is 0 Å². The molecule has 74 heavy (non-hydrogen) atoms. The van der Waals surface area contributed by atoms with Crippen LogP contribution in [0.25, 0.3) is 11.5 Å². The number of rotatable bonds is 14. The second kappa shape index (κ2) is 19.5. The largest absolute Gasteiger partial charge is 0.507 e. The molecular formula is C54H60N6O14. The van der Waals surface area contributed by atoms with Gasteiger partial charge in [0, 0.05) is 92.2 Å². The average molecular weight is 1020 g/mol. The minimum Gasteiger partial charge on any atom is -0.507 e. The molecule has 0 saturated heterocycles. The van der Waals surface area contributed by atoms with E-state index < -0.39 is 87.0 Å². The molecule has 0 heterocycles. The van der Waals surface area contributed by atoms with Gasteiger partial charge in [0.15, 0.2) is 23.1 Å². The number of unbranched alkanes of at least 4 members (excludes halogenated alkanes) is 2. The number of imide groups is 1. The van der Waals surface area contributed by atoms with E-state index in [-0.39, 0.29) is 82.2 Å². The second-order valence-corrected chi connectivity index (χ2v) is 19.8. The predicted octanol–water partition coefficient (Wildman–Crippen LogP) is 5.45. The van der Waals surface area contributed by atoms with Gasteiger partial charge >= 0.3 is 5.97 Å². The summed E-state index contributed by atoms with van der Waals surface area (Å²) in [5.41, 5.74) is 7.91. The standard InChI is InChI=1S/C54H60N6O14/c1-23(61)56-54(72)42-50(68)40-30(44(52(42)70)59(7)8)22-26-20-28-32(14-16-34(74-24(2)62)38(28)46(64)36(26)48(40)66)60(9)17-11-10-12-18-73-33-15-13-31(57(3)4)27-19-25-21-29-39(47(65)35(25)45(63)37(27)33)49(67)41(53(55)71)51(69)43(29)58(5)6/h13-16,25-26,63-64,67-70H,10-12,17-22H2,1-9H3,(H2,55,71)(H,56,61,72). The van der Waals surface area contributed by atoms with Crippen molar-refractivity contribution >= 4 is 69.5 Å². The zero-order valence-electron chi connectivity index (χ0n) is 42.6. The first-order valence-corrected chi connectivity index (χ1v) is 24.0. The number of hydrogen-bond acceptors (Lipinski definition) is 18. The van der Waals surface area contributed by atoms with Crippen LogP contribution in [0.4, 0.5) is 22.7 Å². The Morgan fingerprint density at radius 1 is 0.595 bits per heavy atom. The highest BCUT2D eigenvalue weighted by Gasteiger charge is 2.46. The SMILES string of the molecule is CC(=O)NC(=O)c1c(O)c2c(c(N(C)C)c1O)CC1Cc3c(N(C)CCCCCOc4ccc(N(C)C)c5c4C(O)=C4C(=O)c6c(O)c(C(N)=O)c(O)c(N(C)C)c6CC4C5)ccc(OC(C)=O)c3C(O)=C1C2=O. The lowest BCUT2D eigenvalue weighted by Gasteiger charge is -2.36. The van der Waals surface area contributed by atoms with E-state index in [4.69, 9.17) is 15.2 Å². The van der Waals surface area contributed by atoms with Gasteiger partial charge in [0.05, 0.1) is 40.2 Å². The van der Waals surface area contributed by atoms with Crippen molar-refractivity contribution in [1.82, 2.24) is 5.32 Å². The molecule has 0 radical (unpaired) electrons. The Bertz CT molecular complexity index is 3210. The van der Waals surface area contributed by atoms with E-state index in [1.165, 1.54) is 17.9 Å². The molecule has 4 aliphatic rings. The summed E-state index contributed by atoms with van der Waals surface area (Å²) in [6.07, 6.45) is 2.64. The number of carbonyl (C=O) groups is 6. The number of primary amides is 1. The molecule has 4 aliphatic carbocycles. The molecule has 0 saturated carbocycles. The summed E-state index contributed by atoms with van der Waals surface area (Å²) in [6, 6.07) is 6.92. The Morgan fingerprint density at radius 2 is 1.07 bits per heavy atom. The lowest BCUT2D eigenvalue weighted by atomic mass is 9.70. The van der Waals surface area contributed by atoms with Crippen molar-refractivity contribution in [3.05, 3.63) is 91.0 Å². The van der Waals surface area contributed by atoms with Gasteiger partial charge < -0.3 is 65.4 Å². The minimum absolute atomic E-state index is 0.0130. The van der Waals surface area contributed by atoms with Crippen LogP contribution in [0.1, 0.15) is 108 Å². The molecule has 9 N–H and O–H groups in total. The highest BCUT2D eigenvalue weighted by atomic mass is 16.5. The number of nitrogens with zero attached hydrogens (tertiary/aromatic N) is 4. The molecule has 0 aliphatic heterocycles. The summed E-state index contributed by atoms with van der Waals surface area (Å²) in [4.78, 5) is 85.5. The van der Waals surface area contributed by atoms with E-state index in [1.54, 1.807) is 45.2 Å². The van der Waals surface area contributed by atoms with Crippen LogP contribution in [-0.2, 0) is 35.3 Å². The number of aliphatic hydroxyl groups excluding tert-OH is 2. The molecule has 3 amide bonds. The number of fused-ring (bicyclic) bond motifs is 6. The Labute approximate surface area is 426 Å². The maximum Gasteiger partial charge on any atom is 0.308 e. The third-order valence-electron chi connectivity index (χ3n) is 14.3. The van der Waals surface area contributed by atoms with Crippen LogP contribution >= 0.6 is 0 Å². The van der Waals surface area contributed by atoms with Crippen molar-refractivity contribution in [2.45, 2.75) is 58.8 Å². The second-order valence-electron chi connectivity index (χ2n) is 19.8. The number of allylic oxidation sites excluding steroid dienone is 2. The quantitative estimate of drug-likeness (QED) is 0.0442. The number of aromatic hydroxyl groups is 4. The molecule has 8 rings (SSSR count). The van der Waals surface area contributed by atoms with Crippen molar-refractivity contribution in [2.24, 2.45) is 17.6 Å². The maximum atomic E-state index is 14.5. The van der Waals surface area contributed by atoms with Crippen LogP contribution in [0.5, 0.6) is 34.5 Å². The van der Waals surface area contributed by atoms with Gasteiger partial charge in [-0.2, -0.15) is 0 Å². The molecule has 4 aromatic rings. The highest BCUT2D eigenvalue weighted by Crippen LogP contribution is 2.54. The summed E-state index contributed by atoms with van der Waals surface area (Å²) in [5.74, 6) is -9.53. The number of benzene rings is 4. The van der Waals surface area contributed by atoms with Gasteiger partial charge in [-0.25, -0.2) is 0 Å². The van der Waals surface area contributed by atoms with Gasteiger partial charge in [0.2, 0.25) is 5.91 Å². The number of phenolic OH excluding ortho intramolecular Hbond substituents is 2. The molecule has 2 unspecified atom stereocenters. The van der Waals surface area contributed by atoms with E-state index in [2.05, 4.69) is 0 Å². The van der Waals surface area contributed by atoms with Crippen LogP contribution in [0.2, 0.25) is 0 Å². The van der Waals surface area contributed by atoms with Crippen molar-refractivity contribution in [3.8, 4) is 34.5 Å². The predicted molar refractivity (Wildman–Crippen MR) is 276 cm³/mol. The number of nitrogens with one attached hydrogen (secondary N) is 1. The Kier molecular flexibility index (Phi) is 13.7. The van der Waals surface area contributed by atoms with Gasteiger partial charge in [-0.3, -0.25) is 34.1 Å². The normalized spacial score (nSPS) is 16.2. The summed E-state index contributed by atoms with van der Waals surface area (Å²) in [7, 11) is 12.1. The fourth-order valence-corrected chi connectivity index (χ4v) is 11.3. The highest BCUT2D eigenvalue weighted by molar-refractivity contribution is 6.22. The van der Waals surface area contributed by atoms with E-state index in [1.807, 2.05) is 42.3 Å². The van der Waals surface area contributed by atoms with Gasteiger partial charge in [-0.15, -0.1) is 0 Å². The molecule has 20 nitrogen and oxygen atoms in total. The molecule has 0 spiro atoms. The Morgan fingerprint density at radius 3 is 1.57 bits per heavy atom. The number of ether oxygens (including phenoxy) is 2. The lowest BCUT2D eigenvalue weighted by molar-refractivity contribution is -0.132.